The van der Waals surface area contributed by atoms with E-state index in [0.29, 0.717) is 11.3 Å². The van der Waals surface area contributed by atoms with E-state index < -0.39 is 5.82 Å². The van der Waals surface area contributed by atoms with Crippen LogP contribution in [0.15, 0.2) is 65.8 Å². The zero-order valence-electron chi connectivity index (χ0n) is 26.6. The molecule has 1 aliphatic rings. The summed E-state index contributed by atoms with van der Waals surface area (Å²) in [6.07, 6.45) is 7.72. The van der Waals surface area contributed by atoms with Crippen molar-refractivity contribution < 1.29 is 18.7 Å². The molecule has 0 aliphatic carbocycles. The number of esters is 1. The van der Waals surface area contributed by atoms with Crippen LogP contribution in [0.5, 0.6) is 0 Å². The summed E-state index contributed by atoms with van der Waals surface area (Å²) >= 11 is 0. The van der Waals surface area contributed by atoms with Crippen LogP contribution in [0.2, 0.25) is 0 Å². The third-order valence-electron chi connectivity index (χ3n) is 8.99. The van der Waals surface area contributed by atoms with E-state index in [1.165, 1.54) is 24.6 Å². The lowest BCUT2D eigenvalue weighted by Gasteiger charge is -2.32. The van der Waals surface area contributed by atoms with Gasteiger partial charge in [0.25, 0.3) is 5.91 Å². The van der Waals surface area contributed by atoms with E-state index in [1.54, 1.807) is 35.0 Å². The zero-order chi connectivity index (χ0) is 32.5. The zero-order valence-corrected chi connectivity index (χ0v) is 26.6. The standard InChI is InChI=1S/C35H39FN6O4/c1-22(2)39(4)34(44)28-17-26(36)8-10-31(28)42-21-29(27-11-12-37-18-33(27)42)25-6-5-13-40(20-25)19-24-7-9-32-30(16-24)38-35(45)41(32)14-15-46-23(3)43/h7-12,16-18,21-22,25H,5-6,13-15,19-20H2,1-4H3,(H,38,45). The minimum Gasteiger partial charge on any atom is -0.464 e. The molecule has 0 radical (unpaired) electrons. The number of carbonyl (C=O) groups is 2. The third kappa shape index (κ3) is 6.19. The van der Waals surface area contributed by atoms with E-state index in [0.717, 1.165) is 60.0 Å². The lowest BCUT2D eigenvalue weighted by molar-refractivity contribution is -0.141. The average Bonchev–Trinajstić information content (AvgIpc) is 3.57. The number of hydrogen-bond donors (Lipinski definition) is 1. The van der Waals surface area contributed by atoms with Gasteiger partial charge in [0.15, 0.2) is 0 Å². The number of carbonyl (C=O) groups excluding carboxylic acids is 2. The summed E-state index contributed by atoms with van der Waals surface area (Å²) in [4.78, 5) is 48.5. The van der Waals surface area contributed by atoms with Crippen molar-refractivity contribution in [1.29, 1.82) is 0 Å². The van der Waals surface area contributed by atoms with Gasteiger partial charge in [0.05, 0.1) is 40.5 Å². The topological polar surface area (TPSA) is 105 Å². The highest BCUT2D eigenvalue weighted by Crippen LogP contribution is 2.36. The Balaban J connectivity index is 1.27. The first-order chi connectivity index (χ1) is 22.1. The van der Waals surface area contributed by atoms with Gasteiger partial charge in [0.2, 0.25) is 0 Å². The van der Waals surface area contributed by atoms with Crippen LogP contribution in [-0.4, -0.2) is 73.6 Å². The molecule has 1 unspecified atom stereocenters. The number of benzene rings is 2. The van der Waals surface area contributed by atoms with Gasteiger partial charge in [-0.3, -0.25) is 24.0 Å². The lowest BCUT2D eigenvalue weighted by Crippen LogP contribution is -2.34. The van der Waals surface area contributed by atoms with E-state index in [9.17, 15) is 18.8 Å². The number of halogens is 1. The molecule has 1 saturated heterocycles. The van der Waals surface area contributed by atoms with Crippen molar-refractivity contribution in [3.05, 3.63) is 94.0 Å². The summed E-state index contributed by atoms with van der Waals surface area (Å²) in [5.41, 5.74) is 5.36. The molecular formula is C35H39FN6O4. The Labute approximate surface area is 266 Å². The van der Waals surface area contributed by atoms with Gasteiger partial charge >= 0.3 is 11.7 Å². The predicted molar refractivity (Wildman–Crippen MR) is 175 cm³/mol. The Morgan fingerprint density at radius 3 is 2.76 bits per heavy atom. The SMILES string of the molecule is CC(=O)OCCn1c(=O)[nH]c2cc(CN3CCCC(c4cn(-c5ccc(F)cc5C(=O)N(C)C(C)C)c5cnccc45)C3)ccc21. The molecular weight excluding hydrogens is 587 g/mol. The number of likely N-dealkylation sites (tertiary alicyclic amines) is 1. The molecule has 6 rings (SSSR count). The van der Waals surface area contributed by atoms with Gasteiger partial charge in [-0.25, -0.2) is 9.18 Å². The fourth-order valence-corrected chi connectivity index (χ4v) is 6.46. The molecule has 10 nitrogen and oxygen atoms in total. The number of imidazole rings is 1. The number of fused-ring (bicyclic) bond motifs is 2. The first kappa shape index (κ1) is 31.2. The van der Waals surface area contributed by atoms with Crippen LogP contribution in [0.25, 0.3) is 27.6 Å². The van der Waals surface area contributed by atoms with E-state index in [2.05, 4.69) is 21.1 Å². The molecule has 3 aromatic heterocycles. The normalized spacial score (nSPS) is 15.6. The maximum absolute atomic E-state index is 14.5. The number of hydrogen-bond acceptors (Lipinski definition) is 6. The monoisotopic (exact) mass is 626 g/mol. The minimum atomic E-state index is -0.456. The number of H-pyrrole nitrogens is 1. The fourth-order valence-electron chi connectivity index (χ4n) is 6.46. The van der Waals surface area contributed by atoms with Crippen LogP contribution in [-0.2, 0) is 22.6 Å². The van der Waals surface area contributed by atoms with Gasteiger partial charge in [-0.1, -0.05) is 6.07 Å². The molecule has 1 fully saturated rings. The van der Waals surface area contributed by atoms with Crippen LogP contribution < -0.4 is 5.69 Å². The molecule has 4 heterocycles. The number of nitrogens with one attached hydrogen (secondary N) is 1. The van der Waals surface area contributed by atoms with Gasteiger partial charge in [-0.15, -0.1) is 0 Å². The van der Waals surface area contributed by atoms with Gasteiger partial charge in [-0.2, -0.15) is 0 Å². The van der Waals surface area contributed by atoms with Crippen molar-refractivity contribution in [3.8, 4) is 5.69 Å². The second-order valence-electron chi connectivity index (χ2n) is 12.4. The molecule has 2 aromatic carbocycles. The summed E-state index contributed by atoms with van der Waals surface area (Å²) in [5, 5.41) is 1.07. The second kappa shape index (κ2) is 12.9. The largest absolute Gasteiger partial charge is 0.464 e. The smallest absolute Gasteiger partial charge is 0.326 e. The lowest BCUT2D eigenvalue weighted by atomic mass is 9.90. The predicted octanol–water partition coefficient (Wildman–Crippen LogP) is 5.23. The summed E-state index contributed by atoms with van der Waals surface area (Å²) in [7, 11) is 1.73. The second-order valence-corrected chi connectivity index (χ2v) is 12.4. The Morgan fingerprint density at radius 2 is 1.98 bits per heavy atom. The molecule has 0 spiro atoms. The number of piperidine rings is 1. The highest BCUT2D eigenvalue weighted by Gasteiger charge is 2.27. The van der Waals surface area contributed by atoms with E-state index in [1.807, 2.05) is 42.7 Å². The van der Waals surface area contributed by atoms with Gasteiger partial charge in [-0.05, 0) is 86.7 Å². The molecule has 11 heteroatoms. The highest BCUT2D eigenvalue weighted by molar-refractivity contribution is 5.99. The summed E-state index contributed by atoms with van der Waals surface area (Å²) in [6, 6.07) is 12.4. The van der Waals surface area contributed by atoms with Crippen molar-refractivity contribution >= 4 is 33.8 Å². The van der Waals surface area contributed by atoms with Crippen molar-refractivity contribution in [2.24, 2.45) is 0 Å². The molecule has 1 aliphatic heterocycles. The van der Waals surface area contributed by atoms with E-state index in [4.69, 9.17) is 4.74 Å². The molecule has 0 bridgehead atoms. The summed E-state index contributed by atoms with van der Waals surface area (Å²) in [6.45, 7) is 8.15. The maximum Gasteiger partial charge on any atom is 0.326 e. The molecule has 1 amide bonds. The third-order valence-corrected chi connectivity index (χ3v) is 8.99. The number of ether oxygens (including phenoxy) is 1. The number of aromatic amines is 1. The Kier molecular flexibility index (Phi) is 8.77. The van der Waals surface area contributed by atoms with Crippen LogP contribution in [0.4, 0.5) is 4.39 Å². The molecule has 1 N–H and O–H groups in total. The number of aromatic nitrogens is 4. The number of amides is 1. The van der Waals surface area contributed by atoms with Crippen molar-refractivity contribution in [3.63, 3.8) is 0 Å². The number of rotatable bonds is 9. The van der Waals surface area contributed by atoms with E-state index in [-0.39, 0.29) is 42.7 Å². The van der Waals surface area contributed by atoms with Gasteiger partial charge in [0.1, 0.15) is 12.4 Å². The molecule has 0 saturated carbocycles. The van der Waals surface area contributed by atoms with Crippen LogP contribution in [0, 0.1) is 5.82 Å². The average molecular weight is 627 g/mol. The Hall–Kier alpha value is -4.77. The first-order valence-electron chi connectivity index (χ1n) is 15.7. The number of pyridine rings is 1. The quantitative estimate of drug-likeness (QED) is 0.225. The maximum atomic E-state index is 14.5. The van der Waals surface area contributed by atoms with Crippen LogP contribution >= 0.6 is 0 Å². The molecule has 240 valence electrons. The Bertz CT molecular complexity index is 1980. The van der Waals surface area contributed by atoms with Crippen LogP contribution in [0.1, 0.15) is 61.0 Å². The molecule has 46 heavy (non-hydrogen) atoms. The summed E-state index contributed by atoms with van der Waals surface area (Å²) in [5.74, 6) is -0.828. The van der Waals surface area contributed by atoms with Crippen molar-refractivity contribution in [2.75, 3.05) is 26.7 Å². The van der Waals surface area contributed by atoms with Gasteiger partial charge in [0, 0.05) is 50.9 Å². The van der Waals surface area contributed by atoms with E-state index >= 15 is 0 Å². The highest BCUT2D eigenvalue weighted by atomic mass is 19.1. The first-order valence-corrected chi connectivity index (χ1v) is 15.7. The van der Waals surface area contributed by atoms with Gasteiger partial charge < -0.3 is 19.2 Å². The fraction of sp³-hybridized carbons (Fsp3) is 0.371. The molecule has 5 aromatic rings. The van der Waals surface area contributed by atoms with Crippen molar-refractivity contribution in [2.45, 2.75) is 58.7 Å². The summed E-state index contributed by atoms with van der Waals surface area (Å²) < 4.78 is 23.1. The Morgan fingerprint density at radius 1 is 1.15 bits per heavy atom. The number of nitrogens with zero attached hydrogens (tertiary/aromatic N) is 5. The van der Waals surface area contributed by atoms with Crippen LogP contribution in [0.3, 0.4) is 0 Å². The molecule has 1 atom stereocenters. The van der Waals surface area contributed by atoms with Crippen molar-refractivity contribution in [1.82, 2.24) is 28.9 Å². The minimum absolute atomic E-state index is 0.0382.